The molecule has 92 valence electrons. The molecule has 1 atom stereocenters. The summed E-state index contributed by atoms with van der Waals surface area (Å²) in [6.45, 7) is 3.51. The van der Waals surface area contributed by atoms with Crippen molar-refractivity contribution < 1.29 is 14.3 Å². The van der Waals surface area contributed by atoms with E-state index in [0.29, 0.717) is 12.2 Å². The van der Waals surface area contributed by atoms with Crippen LogP contribution in [0.1, 0.15) is 22.8 Å². The van der Waals surface area contributed by atoms with Crippen molar-refractivity contribution in [1.82, 2.24) is 0 Å². The van der Waals surface area contributed by atoms with Gasteiger partial charge in [0.15, 0.2) is 0 Å². The molecule has 0 aromatic heterocycles. The number of carbonyl (C=O) groups excluding carboxylic acids is 1. The lowest BCUT2D eigenvalue weighted by molar-refractivity contribution is 0.0598. The molecule has 0 spiro atoms. The number of benzene rings is 1. The van der Waals surface area contributed by atoms with Gasteiger partial charge in [0.1, 0.15) is 0 Å². The average Bonchev–Trinajstić information content (AvgIpc) is 2.37. The van der Waals surface area contributed by atoms with Gasteiger partial charge >= 0.3 is 5.97 Å². The summed E-state index contributed by atoms with van der Waals surface area (Å²) in [6, 6.07) is 5.57. The minimum absolute atomic E-state index is 0.181. The second-order valence-electron chi connectivity index (χ2n) is 4.03. The van der Waals surface area contributed by atoms with Gasteiger partial charge in [-0.2, -0.15) is 0 Å². The van der Waals surface area contributed by atoms with Crippen LogP contribution in [0.4, 0.5) is 5.69 Å². The van der Waals surface area contributed by atoms with E-state index in [1.54, 1.807) is 6.07 Å². The van der Waals surface area contributed by atoms with Gasteiger partial charge in [-0.1, -0.05) is 0 Å². The van der Waals surface area contributed by atoms with Crippen molar-refractivity contribution in [1.29, 1.82) is 0 Å². The van der Waals surface area contributed by atoms with Crippen molar-refractivity contribution in [3.63, 3.8) is 0 Å². The van der Waals surface area contributed by atoms with E-state index in [4.69, 9.17) is 9.47 Å². The van der Waals surface area contributed by atoms with Gasteiger partial charge in [-0.05, 0) is 30.7 Å². The number of nitrogens with one attached hydrogen (secondary N) is 1. The predicted molar refractivity (Wildman–Crippen MR) is 65.4 cm³/mol. The SMILES string of the molecule is CCOC1CNc2ccc(C(=O)OC)cc2C1. The molecule has 0 radical (unpaired) electrons. The molecule has 0 bridgehead atoms. The highest BCUT2D eigenvalue weighted by atomic mass is 16.5. The number of fused-ring (bicyclic) bond motifs is 1. The molecule has 1 aromatic carbocycles. The first-order chi connectivity index (χ1) is 8.24. The summed E-state index contributed by atoms with van der Waals surface area (Å²) in [5.74, 6) is -0.300. The zero-order valence-electron chi connectivity index (χ0n) is 10.2. The average molecular weight is 235 g/mol. The van der Waals surface area contributed by atoms with E-state index < -0.39 is 0 Å². The topological polar surface area (TPSA) is 47.6 Å². The van der Waals surface area contributed by atoms with Gasteiger partial charge in [0.25, 0.3) is 0 Å². The Labute approximate surface area is 101 Å². The standard InChI is InChI=1S/C13H17NO3/c1-3-17-11-7-10-6-9(13(15)16-2)4-5-12(10)14-8-11/h4-6,11,14H,3,7-8H2,1-2H3. The fraction of sp³-hybridized carbons (Fsp3) is 0.462. The predicted octanol–water partition coefficient (Wildman–Crippen LogP) is 1.85. The van der Waals surface area contributed by atoms with Gasteiger partial charge in [0.05, 0.1) is 18.8 Å². The fourth-order valence-electron chi connectivity index (χ4n) is 2.07. The first kappa shape index (κ1) is 11.9. The molecule has 4 nitrogen and oxygen atoms in total. The summed E-state index contributed by atoms with van der Waals surface area (Å²) < 4.78 is 10.3. The Morgan fingerprint density at radius 1 is 1.53 bits per heavy atom. The van der Waals surface area contributed by atoms with Crippen LogP contribution in [0.25, 0.3) is 0 Å². The highest BCUT2D eigenvalue weighted by molar-refractivity contribution is 5.90. The van der Waals surface area contributed by atoms with Crippen LogP contribution >= 0.6 is 0 Å². The molecule has 0 saturated heterocycles. The van der Waals surface area contributed by atoms with Crippen molar-refractivity contribution in [3.8, 4) is 0 Å². The molecule has 4 heteroatoms. The Hall–Kier alpha value is -1.55. The number of ether oxygens (including phenoxy) is 2. The fourth-order valence-corrected chi connectivity index (χ4v) is 2.07. The number of esters is 1. The molecule has 1 N–H and O–H groups in total. The van der Waals surface area contributed by atoms with E-state index in [9.17, 15) is 4.79 Å². The highest BCUT2D eigenvalue weighted by Crippen LogP contribution is 2.24. The molecule has 0 aliphatic carbocycles. The van der Waals surface area contributed by atoms with Crippen LogP contribution < -0.4 is 5.32 Å². The lowest BCUT2D eigenvalue weighted by Crippen LogP contribution is -2.30. The molecule has 1 aliphatic heterocycles. The normalized spacial score (nSPS) is 18.1. The van der Waals surface area contributed by atoms with Gasteiger partial charge < -0.3 is 14.8 Å². The van der Waals surface area contributed by atoms with Crippen LogP contribution in [0.5, 0.6) is 0 Å². The smallest absolute Gasteiger partial charge is 0.337 e. The second kappa shape index (κ2) is 5.19. The lowest BCUT2D eigenvalue weighted by Gasteiger charge is -2.26. The maximum Gasteiger partial charge on any atom is 0.337 e. The summed E-state index contributed by atoms with van der Waals surface area (Å²) in [6.07, 6.45) is 1.02. The van der Waals surface area contributed by atoms with E-state index in [2.05, 4.69) is 5.32 Å². The quantitative estimate of drug-likeness (QED) is 0.812. The van der Waals surface area contributed by atoms with Crippen LogP contribution in [0.15, 0.2) is 18.2 Å². The van der Waals surface area contributed by atoms with Crippen molar-refractivity contribution in [2.45, 2.75) is 19.4 Å². The van der Waals surface area contributed by atoms with E-state index in [1.165, 1.54) is 7.11 Å². The highest BCUT2D eigenvalue weighted by Gasteiger charge is 2.19. The second-order valence-corrected chi connectivity index (χ2v) is 4.03. The third-order valence-corrected chi connectivity index (χ3v) is 2.90. The summed E-state index contributed by atoms with van der Waals surface area (Å²) in [5.41, 5.74) is 2.77. The molecule has 1 unspecified atom stereocenters. The zero-order valence-corrected chi connectivity index (χ0v) is 10.2. The van der Waals surface area contributed by atoms with Crippen molar-refractivity contribution >= 4 is 11.7 Å². The first-order valence-electron chi connectivity index (χ1n) is 5.81. The minimum atomic E-state index is -0.300. The molecule has 17 heavy (non-hydrogen) atoms. The van der Waals surface area contributed by atoms with Gasteiger partial charge in [-0.3, -0.25) is 0 Å². The Bertz CT molecular complexity index is 417. The number of methoxy groups -OCH3 is 1. The maximum absolute atomic E-state index is 11.4. The van der Waals surface area contributed by atoms with E-state index in [0.717, 1.165) is 24.2 Å². The van der Waals surface area contributed by atoms with Crippen molar-refractivity contribution in [3.05, 3.63) is 29.3 Å². The van der Waals surface area contributed by atoms with Gasteiger partial charge in [0, 0.05) is 25.3 Å². The summed E-state index contributed by atoms with van der Waals surface area (Å²) in [4.78, 5) is 11.4. The van der Waals surface area contributed by atoms with Crippen LogP contribution in [0, 0.1) is 0 Å². The molecule has 0 fully saturated rings. The molecule has 1 aliphatic rings. The van der Waals surface area contributed by atoms with Crippen LogP contribution in [0.3, 0.4) is 0 Å². The molecule has 1 aromatic rings. The number of hydrogen-bond donors (Lipinski definition) is 1. The maximum atomic E-state index is 11.4. The van der Waals surface area contributed by atoms with Gasteiger partial charge in [-0.25, -0.2) is 4.79 Å². The molecule has 0 amide bonds. The Morgan fingerprint density at radius 2 is 2.35 bits per heavy atom. The number of hydrogen-bond acceptors (Lipinski definition) is 4. The number of anilines is 1. The third kappa shape index (κ3) is 2.58. The molecule has 2 rings (SSSR count). The molecule has 0 saturated carbocycles. The molecular formula is C13H17NO3. The Balaban J connectivity index is 2.20. The summed E-state index contributed by atoms with van der Waals surface area (Å²) in [7, 11) is 1.39. The third-order valence-electron chi connectivity index (χ3n) is 2.90. The monoisotopic (exact) mass is 235 g/mol. The van der Waals surface area contributed by atoms with Gasteiger partial charge in [-0.15, -0.1) is 0 Å². The molecular weight excluding hydrogens is 218 g/mol. The summed E-state index contributed by atoms with van der Waals surface area (Å²) >= 11 is 0. The van der Waals surface area contributed by atoms with E-state index >= 15 is 0 Å². The van der Waals surface area contributed by atoms with E-state index in [-0.39, 0.29) is 12.1 Å². The summed E-state index contributed by atoms with van der Waals surface area (Å²) in [5, 5.41) is 3.30. The van der Waals surface area contributed by atoms with Crippen LogP contribution in [-0.2, 0) is 15.9 Å². The number of rotatable bonds is 3. The van der Waals surface area contributed by atoms with Crippen LogP contribution in [-0.4, -0.2) is 32.3 Å². The largest absolute Gasteiger partial charge is 0.465 e. The van der Waals surface area contributed by atoms with Gasteiger partial charge in [0.2, 0.25) is 0 Å². The lowest BCUT2D eigenvalue weighted by atomic mass is 9.99. The zero-order chi connectivity index (χ0) is 12.3. The van der Waals surface area contributed by atoms with E-state index in [1.807, 2.05) is 19.1 Å². The van der Waals surface area contributed by atoms with Crippen molar-refractivity contribution in [2.75, 3.05) is 25.6 Å². The van der Waals surface area contributed by atoms with Crippen LogP contribution in [0.2, 0.25) is 0 Å². The Kier molecular flexibility index (Phi) is 3.64. The minimum Gasteiger partial charge on any atom is -0.465 e. The Morgan fingerprint density at radius 3 is 3.06 bits per heavy atom. The molecule has 1 heterocycles. The number of carbonyl (C=O) groups is 1. The van der Waals surface area contributed by atoms with Crippen molar-refractivity contribution in [2.24, 2.45) is 0 Å². The first-order valence-corrected chi connectivity index (χ1v) is 5.81.